The van der Waals surface area contributed by atoms with E-state index in [1.54, 1.807) is 23.1 Å². The number of anilines is 1. The van der Waals surface area contributed by atoms with E-state index in [1.165, 1.54) is 6.08 Å². The zero-order valence-corrected chi connectivity index (χ0v) is 15.0. The number of nitrogens with zero attached hydrogens (tertiary/aromatic N) is 1. The molecule has 2 aliphatic rings. The van der Waals surface area contributed by atoms with Crippen molar-refractivity contribution in [1.82, 2.24) is 5.32 Å². The van der Waals surface area contributed by atoms with E-state index in [-0.39, 0.29) is 12.3 Å². The van der Waals surface area contributed by atoms with Crippen LogP contribution in [0.3, 0.4) is 0 Å². The second-order valence-corrected chi connectivity index (χ2v) is 7.12. The van der Waals surface area contributed by atoms with Crippen molar-refractivity contribution in [3.63, 3.8) is 0 Å². The number of alkyl halides is 3. The Morgan fingerprint density at radius 1 is 1.11 bits per heavy atom. The molecule has 0 bridgehead atoms. The number of nitrogens with one attached hydrogen (secondary N) is 1. The molecule has 1 aromatic carbocycles. The van der Waals surface area contributed by atoms with Gasteiger partial charge < -0.3 is 10.2 Å². The predicted octanol–water partition coefficient (Wildman–Crippen LogP) is 4.06. The smallest absolute Gasteiger partial charge is 0.349 e. The van der Waals surface area contributed by atoms with Gasteiger partial charge in [-0.25, -0.2) is 0 Å². The second-order valence-electron chi connectivity index (χ2n) is 7.12. The van der Waals surface area contributed by atoms with E-state index in [2.05, 4.69) is 5.32 Å². The van der Waals surface area contributed by atoms with Crippen LogP contribution in [0.15, 0.2) is 30.3 Å². The van der Waals surface area contributed by atoms with Crippen molar-refractivity contribution in [2.45, 2.75) is 50.7 Å². The average Bonchev–Trinajstić information content (AvgIpc) is 3.06. The van der Waals surface area contributed by atoms with Crippen LogP contribution >= 0.6 is 0 Å². The molecule has 1 aliphatic carbocycles. The molecule has 1 aliphatic heterocycles. The minimum atomic E-state index is -4.29. The molecule has 0 spiro atoms. The number of benzene rings is 1. The standard InChI is InChI=1S/C20H23F3N2O2/c21-20(22,23)16-4-1-2-5-17(16)24-18(26)12-9-14-7-10-15(11-8-14)25-13-3-6-19(25)27/h7-12,16-17H,1-6,13H2,(H,24,26)/b12-9+/t16-,17+/m1/s1. The molecule has 1 aromatic rings. The zero-order valence-electron chi connectivity index (χ0n) is 15.0. The van der Waals surface area contributed by atoms with Crippen LogP contribution in [0.4, 0.5) is 18.9 Å². The highest BCUT2D eigenvalue weighted by molar-refractivity contribution is 5.95. The molecule has 3 rings (SSSR count). The zero-order chi connectivity index (χ0) is 19.4. The van der Waals surface area contributed by atoms with Crippen molar-refractivity contribution in [3.05, 3.63) is 35.9 Å². The molecule has 27 heavy (non-hydrogen) atoms. The molecular weight excluding hydrogens is 357 g/mol. The van der Waals surface area contributed by atoms with Gasteiger partial charge in [-0.3, -0.25) is 9.59 Å². The van der Waals surface area contributed by atoms with Crippen molar-refractivity contribution in [1.29, 1.82) is 0 Å². The van der Waals surface area contributed by atoms with Gasteiger partial charge in [0.15, 0.2) is 0 Å². The Labute approximate surface area is 156 Å². The summed E-state index contributed by atoms with van der Waals surface area (Å²) >= 11 is 0. The lowest BCUT2D eigenvalue weighted by Crippen LogP contribution is -2.47. The molecule has 1 N–H and O–H groups in total. The summed E-state index contributed by atoms with van der Waals surface area (Å²) in [5.74, 6) is -1.89. The lowest BCUT2D eigenvalue weighted by Gasteiger charge is -2.33. The van der Waals surface area contributed by atoms with E-state index in [9.17, 15) is 22.8 Å². The Hall–Kier alpha value is -2.31. The first-order chi connectivity index (χ1) is 12.8. The number of carbonyl (C=O) groups is 2. The summed E-state index contributed by atoms with van der Waals surface area (Å²) in [7, 11) is 0. The molecule has 1 heterocycles. The Balaban J connectivity index is 1.58. The van der Waals surface area contributed by atoms with Crippen LogP contribution in [0.25, 0.3) is 6.08 Å². The third-order valence-corrected chi connectivity index (χ3v) is 5.22. The third-order valence-electron chi connectivity index (χ3n) is 5.22. The van der Waals surface area contributed by atoms with Gasteiger partial charge in [0.1, 0.15) is 0 Å². The summed E-state index contributed by atoms with van der Waals surface area (Å²) in [6.45, 7) is 0.707. The molecule has 0 unspecified atom stereocenters. The Bertz CT molecular complexity index is 713. The van der Waals surface area contributed by atoms with Crippen LogP contribution in [-0.2, 0) is 9.59 Å². The molecule has 2 fully saturated rings. The summed E-state index contributed by atoms with van der Waals surface area (Å²) in [6, 6.07) is 6.32. The number of amides is 2. The summed E-state index contributed by atoms with van der Waals surface area (Å²) < 4.78 is 39.3. The lowest BCUT2D eigenvalue weighted by molar-refractivity contribution is -0.188. The molecular formula is C20H23F3N2O2. The fourth-order valence-corrected chi connectivity index (χ4v) is 3.78. The predicted molar refractivity (Wildman–Crippen MR) is 97.0 cm³/mol. The molecule has 2 atom stereocenters. The van der Waals surface area contributed by atoms with E-state index in [4.69, 9.17) is 0 Å². The molecule has 0 radical (unpaired) electrons. The van der Waals surface area contributed by atoms with Crippen LogP contribution in [0, 0.1) is 5.92 Å². The van der Waals surface area contributed by atoms with Crippen molar-refractivity contribution >= 4 is 23.6 Å². The lowest BCUT2D eigenvalue weighted by atomic mass is 9.84. The number of carbonyl (C=O) groups excluding carboxylic acids is 2. The molecule has 4 nitrogen and oxygen atoms in total. The van der Waals surface area contributed by atoms with Gasteiger partial charge in [0, 0.05) is 30.8 Å². The average molecular weight is 380 g/mol. The van der Waals surface area contributed by atoms with Gasteiger partial charge in [0.25, 0.3) is 0 Å². The van der Waals surface area contributed by atoms with Crippen LogP contribution in [-0.4, -0.2) is 30.6 Å². The molecule has 2 amide bonds. The van der Waals surface area contributed by atoms with E-state index in [0.29, 0.717) is 32.2 Å². The van der Waals surface area contributed by atoms with E-state index in [0.717, 1.165) is 17.7 Å². The first-order valence-corrected chi connectivity index (χ1v) is 9.30. The van der Waals surface area contributed by atoms with E-state index in [1.807, 2.05) is 12.1 Å². The maximum absolute atomic E-state index is 13.1. The van der Waals surface area contributed by atoms with Gasteiger partial charge in [-0.2, -0.15) is 13.2 Å². The first kappa shape index (κ1) is 19.5. The van der Waals surface area contributed by atoms with Gasteiger partial charge in [0.2, 0.25) is 11.8 Å². The maximum atomic E-state index is 13.1. The van der Waals surface area contributed by atoms with E-state index >= 15 is 0 Å². The van der Waals surface area contributed by atoms with Gasteiger partial charge in [-0.15, -0.1) is 0 Å². The quantitative estimate of drug-likeness (QED) is 0.801. The second kappa shape index (κ2) is 8.15. The van der Waals surface area contributed by atoms with Crippen LogP contribution in [0.5, 0.6) is 0 Å². The van der Waals surface area contributed by atoms with Crippen molar-refractivity contribution in [3.8, 4) is 0 Å². The van der Waals surface area contributed by atoms with E-state index < -0.39 is 24.0 Å². The minimum Gasteiger partial charge on any atom is -0.349 e. The van der Waals surface area contributed by atoms with Crippen LogP contribution in [0.1, 0.15) is 44.1 Å². The Kier molecular flexibility index (Phi) is 5.87. The van der Waals surface area contributed by atoms with Gasteiger partial charge in [0.05, 0.1) is 5.92 Å². The van der Waals surface area contributed by atoms with Crippen molar-refractivity contribution < 1.29 is 22.8 Å². The SMILES string of the molecule is O=C(/C=C/c1ccc(N2CCCC2=O)cc1)N[C@H]1CCCC[C@H]1C(F)(F)F. The summed E-state index contributed by atoms with van der Waals surface area (Å²) in [4.78, 5) is 25.5. The highest BCUT2D eigenvalue weighted by atomic mass is 19.4. The number of rotatable bonds is 4. The van der Waals surface area contributed by atoms with Crippen LogP contribution < -0.4 is 10.2 Å². The maximum Gasteiger partial charge on any atom is 0.393 e. The monoisotopic (exact) mass is 380 g/mol. The number of halogens is 3. The summed E-state index contributed by atoms with van der Waals surface area (Å²) in [6.07, 6.45) is 1.59. The van der Waals surface area contributed by atoms with Gasteiger partial charge >= 0.3 is 6.18 Å². The normalized spacial score (nSPS) is 23.8. The Morgan fingerprint density at radius 3 is 2.44 bits per heavy atom. The topological polar surface area (TPSA) is 49.4 Å². The fourth-order valence-electron chi connectivity index (χ4n) is 3.78. The molecule has 1 saturated heterocycles. The minimum absolute atomic E-state index is 0.0643. The fraction of sp³-hybridized carbons (Fsp3) is 0.500. The van der Waals surface area contributed by atoms with Crippen molar-refractivity contribution in [2.24, 2.45) is 5.92 Å². The molecule has 0 aromatic heterocycles. The molecule has 7 heteroatoms. The Morgan fingerprint density at radius 2 is 1.81 bits per heavy atom. The molecule has 146 valence electrons. The van der Waals surface area contributed by atoms with Crippen LogP contribution in [0.2, 0.25) is 0 Å². The third kappa shape index (κ3) is 4.90. The highest BCUT2D eigenvalue weighted by Crippen LogP contribution is 2.37. The number of hydrogen-bond acceptors (Lipinski definition) is 2. The number of hydrogen-bond donors (Lipinski definition) is 1. The van der Waals surface area contributed by atoms with Gasteiger partial charge in [-0.1, -0.05) is 25.0 Å². The largest absolute Gasteiger partial charge is 0.393 e. The molecule has 1 saturated carbocycles. The van der Waals surface area contributed by atoms with Crippen molar-refractivity contribution in [2.75, 3.05) is 11.4 Å². The highest BCUT2D eigenvalue weighted by Gasteiger charge is 2.45. The van der Waals surface area contributed by atoms with Gasteiger partial charge in [-0.05, 0) is 43.0 Å². The first-order valence-electron chi connectivity index (χ1n) is 9.30. The summed E-state index contributed by atoms with van der Waals surface area (Å²) in [5.41, 5.74) is 1.56. The summed E-state index contributed by atoms with van der Waals surface area (Å²) in [5, 5.41) is 2.51.